The van der Waals surface area contributed by atoms with Gasteiger partial charge in [-0.25, -0.2) is 0 Å². The standard InChI is InChI=1S/C12H22N4O/c1-10(2)7-5-3-4-6-8-13-12(17)11-9-14-16-15-11/h9-10H,3-8H2,1-2H3,(H,13,17)(H,14,15,16). The van der Waals surface area contributed by atoms with E-state index in [1.54, 1.807) is 0 Å². The van der Waals surface area contributed by atoms with Gasteiger partial charge in [-0.05, 0) is 12.3 Å². The number of H-pyrrole nitrogens is 1. The molecule has 96 valence electrons. The van der Waals surface area contributed by atoms with Crippen molar-refractivity contribution in [2.45, 2.75) is 46.0 Å². The highest BCUT2D eigenvalue weighted by Crippen LogP contribution is 2.08. The Morgan fingerprint density at radius 2 is 2.12 bits per heavy atom. The highest BCUT2D eigenvalue weighted by molar-refractivity contribution is 5.91. The third-order valence-electron chi connectivity index (χ3n) is 2.64. The molecule has 0 fully saturated rings. The molecule has 1 heterocycles. The van der Waals surface area contributed by atoms with Crippen molar-refractivity contribution in [2.75, 3.05) is 6.54 Å². The lowest BCUT2D eigenvalue weighted by molar-refractivity contribution is 0.0948. The average Bonchev–Trinajstić information content (AvgIpc) is 2.80. The van der Waals surface area contributed by atoms with Crippen molar-refractivity contribution in [1.82, 2.24) is 20.7 Å². The average molecular weight is 238 g/mol. The third kappa shape index (κ3) is 6.04. The van der Waals surface area contributed by atoms with E-state index < -0.39 is 0 Å². The zero-order valence-corrected chi connectivity index (χ0v) is 10.7. The highest BCUT2D eigenvalue weighted by atomic mass is 16.1. The quantitative estimate of drug-likeness (QED) is 0.682. The summed E-state index contributed by atoms with van der Waals surface area (Å²) in [5.41, 5.74) is 0.352. The van der Waals surface area contributed by atoms with Crippen LogP contribution in [0.5, 0.6) is 0 Å². The molecule has 0 saturated carbocycles. The van der Waals surface area contributed by atoms with Crippen LogP contribution in [0.15, 0.2) is 6.20 Å². The second-order valence-electron chi connectivity index (χ2n) is 4.71. The topological polar surface area (TPSA) is 70.7 Å². The van der Waals surface area contributed by atoms with Gasteiger partial charge < -0.3 is 5.32 Å². The van der Waals surface area contributed by atoms with Crippen LogP contribution in [0.4, 0.5) is 0 Å². The Morgan fingerprint density at radius 1 is 1.35 bits per heavy atom. The van der Waals surface area contributed by atoms with Crippen molar-refractivity contribution < 1.29 is 4.79 Å². The van der Waals surface area contributed by atoms with E-state index in [1.807, 2.05) is 0 Å². The number of amides is 1. The first-order chi connectivity index (χ1) is 8.20. The first-order valence-corrected chi connectivity index (χ1v) is 6.34. The van der Waals surface area contributed by atoms with E-state index in [-0.39, 0.29) is 5.91 Å². The second kappa shape index (κ2) is 7.81. The minimum absolute atomic E-state index is 0.152. The molecule has 0 radical (unpaired) electrons. The van der Waals surface area contributed by atoms with E-state index >= 15 is 0 Å². The van der Waals surface area contributed by atoms with Gasteiger partial charge in [-0.1, -0.05) is 39.5 Å². The van der Waals surface area contributed by atoms with Crippen molar-refractivity contribution >= 4 is 5.91 Å². The Hall–Kier alpha value is -1.39. The molecule has 0 aromatic carbocycles. The number of unbranched alkanes of at least 4 members (excludes halogenated alkanes) is 3. The Labute approximate surface area is 102 Å². The summed E-state index contributed by atoms with van der Waals surface area (Å²) in [6.07, 6.45) is 7.46. The summed E-state index contributed by atoms with van der Waals surface area (Å²) in [6.45, 7) is 5.21. The molecule has 0 atom stereocenters. The number of aromatic amines is 1. The molecule has 5 nitrogen and oxygen atoms in total. The normalized spacial score (nSPS) is 10.8. The molecular formula is C12H22N4O. The predicted molar refractivity (Wildman–Crippen MR) is 66.6 cm³/mol. The second-order valence-corrected chi connectivity index (χ2v) is 4.71. The monoisotopic (exact) mass is 238 g/mol. The number of carbonyl (C=O) groups is 1. The van der Waals surface area contributed by atoms with Crippen LogP contribution in [-0.4, -0.2) is 27.9 Å². The fourth-order valence-corrected chi connectivity index (χ4v) is 1.63. The number of carbonyl (C=O) groups excluding carboxylic acids is 1. The van der Waals surface area contributed by atoms with E-state index in [1.165, 1.54) is 31.9 Å². The van der Waals surface area contributed by atoms with Crippen molar-refractivity contribution in [1.29, 1.82) is 0 Å². The molecule has 1 rings (SSSR count). The van der Waals surface area contributed by atoms with Crippen LogP contribution in [0.3, 0.4) is 0 Å². The Morgan fingerprint density at radius 3 is 2.76 bits per heavy atom. The smallest absolute Gasteiger partial charge is 0.273 e. The van der Waals surface area contributed by atoms with Gasteiger partial charge >= 0.3 is 0 Å². The zero-order valence-electron chi connectivity index (χ0n) is 10.7. The van der Waals surface area contributed by atoms with E-state index in [9.17, 15) is 4.79 Å². The lowest BCUT2D eigenvalue weighted by Crippen LogP contribution is -2.24. The zero-order chi connectivity index (χ0) is 12.5. The van der Waals surface area contributed by atoms with Gasteiger partial charge in [0.25, 0.3) is 5.91 Å². The number of rotatable bonds is 8. The Balaban J connectivity index is 1.96. The first kappa shape index (κ1) is 13.7. The molecule has 0 unspecified atom stereocenters. The maximum absolute atomic E-state index is 11.5. The van der Waals surface area contributed by atoms with Crippen LogP contribution in [0.1, 0.15) is 56.4 Å². The summed E-state index contributed by atoms with van der Waals surface area (Å²) >= 11 is 0. The molecule has 0 aliphatic heterocycles. The first-order valence-electron chi connectivity index (χ1n) is 6.34. The van der Waals surface area contributed by atoms with E-state index in [4.69, 9.17) is 0 Å². The van der Waals surface area contributed by atoms with E-state index in [0.717, 1.165) is 12.3 Å². The summed E-state index contributed by atoms with van der Waals surface area (Å²) in [4.78, 5) is 11.5. The van der Waals surface area contributed by atoms with Gasteiger partial charge in [0.2, 0.25) is 0 Å². The molecule has 1 aromatic heterocycles. The molecule has 0 aliphatic carbocycles. The summed E-state index contributed by atoms with van der Waals surface area (Å²) in [6, 6.07) is 0. The number of nitrogens with zero attached hydrogens (tertiary/aromatic N) is 2. The third-order valence-corrected chi connectivity index (χ3v) is 2.64. The fourth-order valence-electron chi connectivity index (χ4n) is 1.63. The number of aromatic nitrogens is 3. The molecular weight excluding hydrogens is 216 g/mol. The van der Waals surface area contributed by atoms with E-state index in [2.05, 4.69) is 34.6 Å². The van der Waals surface area contributed by atoms with Gasteiger partial charge in [0.1, 0.15) is 0 Å². The van der Waals surface area contributed by atoms with Gasteiger partial charge in [0.15, 0.2) is 5.69 Å². The van der Waals surface area contributed by atoms with Crippen LogP contribution in [-0.2, 0) is 0 Å². The molecule has 17 heavy (non-hydrogen) atoms. The maximum Gasteiger partial charge on any atom is 0.273 e. The van der Waals surface area contributed by atoms with Crippen LogP contribution >= 0.6 is 0 Å². The summed E-state index contributed by atoms with van der Waals surface area (Å²) in [5, 5.41) is 12.5. The summed E-state index contributed by atoms with van der Waals surface area (Å²) < 4.78 is 0. The molecule has 2 N–H and O–H groups in total. The van der Waals surface area contributed by atoms with Gasteiger partial charge in [0, 0.05) is 6.54 Å². The maximum atomic E-state index is 11.5. The van der Waals surface area contributed by atoms with Crippen LogP contribution < -0.4 is 5.32 Å². The molecule has 0 aliphatic rings. The van der Waals surface area contributed by atoms with Crippen LogP contribution in [0.2, 0.25) is 0 Å². The fraction of sp³-hybridized carbons (Fsp3) is 0.750. The number of hydrogen-bond donors (Lipinski definition) is 2. The number of nitrogens with one attached hydrogen (secondary N) is 2. The van der Waals surface area contributed by atoms with Gasteiger partial charge in [0.05, 0.1) is 6.20 Å². The van der Waals surface area contributed by atoms with Crippen LogP contribution in [0.25, 0.3) is 0 Å². The van der Waals surface area contributed by atoms with Gasteiger partial charge in [-0.3, -0.25) is 4.79 Å². The largest absolute Gasteiger partial charge is 0.351 e. The molecule has 0 saturated heterocycles. The SMILES string of the molecule is CC(C)CCCCCCNC(=O)c1cn[nH]n1. The lowest BCUT2D eigenvalue weighted by Gasteiger charge is -2.05. The molecule has 1 amide bonds. The molecule has 0 spiro atoms. The minimum Gasteiger partial charge on any atom is -0.351 e. The van der Waals surface area contributed by atoms with Crippen LogP contribution in [0, 0.1) is 5.92 Å². The molecule has 0 bridgehead atoms. The minimum atomic E-state index is -0.152. The summed E-state index contributed by atoms with van der Waals surface area (Å²) in [7, 11) is 0. The lowest BCUT2D eigenvalue weighted by atomic mass is 10.0. The Bertz CT molecular complexity index is 308. The van der Waals surface area contributed by atoms with Gasteiger partial charge in [-0.15, -0.1) is 0 Å². The summed E-state index contributed by atoms with van der Waals surface area (Å²) in [5.74, 6) is 0.641. The van der Waals surface area contributed by atoms with Crippen molar-refractivity contribution in [2.24, 2.45) is 5.92 Å². The predicted octanol–water partition coefficient (Wildman–Crippen LogP) is 2.14. The van der Waals surface area contributed by atoms with Gasteiger partial charge in [-0.2, -0.15) is 15.4 Å². The molecule has 5 heteroatoms. The van der Waals surface area contributed by atoms with E-state index in [0.29, 0.717) is 12.2 Å². The number of hydrogen-bond acceptors (Lipinski definition) is 3. The highest BCUT2D eigenvalue weighted by Gasteiger charge is 2.06. The van der Waals surface area contributed by atoms with Crippen molar-refractivity contribution in [3.8, 4) is 0 Å². The Kier molecular flexibility index (Phi) is 6.29. The van der Waals surface area contributed by atoms with Crippen molar-refractivity contribution in [3.63, 3.8) is 0 Å². The van der Waals surface area contributed by atoms with Crippen molar-refractivity contribution in [3.05, 3.63) is 11.9 Å². The molecule has 1 aromatic rings.